The highest BCUT2D eigenvalue weighted by Crippen LogP contribution is 2.20. The van der Waals surface area contributed by atoms with E-state index in [1.54, 1.807) is 13.0 Å². The van der Waals surface area contributed by atoms with E-state index < -0.39 is 0 Å². The lowest BCUT2D eigenvalue weighted by Crippen LogP contribution is -2.46. The lowest BCUT2D eigenvalue weighted by molar-refractivity contribution is 0.170. The summed E-state index contributed by atoms with van der Waals surface area (Å²) in [7, 11) is 0. The number of benzene rings is 1. The Kier molecular flexibility index (Phi) is 5.30. The van der Waals surface area contributed by atoms with Gasteiger partial charge in [-0.15, -0.1) is 0 Å². The first kappa shape index (κ1) is 17.7. The van der Waals surface area contributed by atoms with Crippen molar-refractivity contribution < 1.29 is 9.18 Å². The van der Waals surface area contributed by atoms with Crippen molar-refractivity contribution in [2.45, 2.75) is 58.7 Å². The Morgan fingerprint density at radius 1 is 1.39 bits per heavy atom. The molecule has 2 rings (SSSR count). The number of nitrogens with zero attached hydrogens (tertiary/aromatic N) is 1. The maximum atomic E-state index is 13.6. The molecule has 1 saturated heterocycles. The van der Waals surface area contributed by atoms with Crippen LogP contribution in [0.4, 0.5) is 9.18 Å². The predicted octanol–water partition coefficient (Wildman–Crippen LogP) is 3.37. The molecule has 0 aliphatic carbocycles. The summed E-state index contributed by atoms with van der Waals surface area (Å²) >= 11 is 0. The second kappa shape index (κ2) is 6.87. The van der Waals surface area contributed by atoms with Crippen molar-refractivity contribution in [3.8, 4) is 0 Å². The average Bonchev–Trinajstić information content (AvgIpc) is 2.90. The molecule has 1 fully saturated rings. The minimum absolute atomic E-state index is 0.125. The Morgan fingerprint density at radius 3 is 2.65 bits per heavy atom. The molecule has 2 unspecified atom stereocenters. The van der Waals surface area contributed by atoms with Crippen molar-refractivity contribution >= 4 is 6.03 Å². The summed E-state index contributed by atoms with van der Waals surface area (Å²) in [4.78, 5) is 14.5. The van der Waals surface area contributed by atoms with Crippen LogP contribution in [-0.4, -0.2) is 35.6 Å². The molecular formula is C18H28FN3O. The summed E-state index contributed by atoms with van der Waals surface area (Å²) in [6.07, 6.45) is 0.957. The van der Waals surface area contributed by atoms with Gasteiger partial charge in [-0.25, -0.2) is 9.18 Å². The van der Waals surface area contributed by atoms with Crippen LogP contribution in [0.5, 0.6) is 0 Å². The zero-order chi connectivity index (χ0) is 17.2. The Bertz CT molecular complexity index is 568. The molecule has 1 aliphatic heterocycles. The van der Waals surface area contributed by atoms with E-state index in [2.05, 4.69) is 36.3 Å². The Labute approximate surface area is 138 Å². The predicted molar refractivity (Wildman–Crippen MR) is 91.0 cm³/mol. The van der Waals surface area contributed by atoms with E-state index in [9.17, 15) is 9.18 Å². The Balaban J connectivity index is 1.86. The SMILES string of the molecule is Cc1ccc(C(C)NC(=O)NC2CCN(C(C)(C)C)C2)cc1F. The molecule has 2 amide bonds. The van der Waals surface area contributed by atoms with E-state index in [4.69, 9.17) is 0 Å². The molecular weight excluding hydrogens is 293 g/mol. The molecule has 128 valence electrons. The van der Waals surface area contributed by atoms with Gasteiger partial charge in [0.15, 0.2) is 0 Å². The van der Waals surface area contributed by atoms with Crippen LogP contribution in [0.1, 0.15) is 51.3 Å². The van der Waals surface area contributed by atoms with Crippen molar-refractivity contribution in [3.63, 3.8) is 0 Å². The maximum Gasteiger partial charge on any atom is 0.315 e. The van der Waals surface area contributed by atoms with Gasteiger partial charge in [-0.1, -0.05) is 12.1 Å². The molecule has 2 atom stereocenters. The first-order chi connectivity index (χ1) is 10.7. The molecule has 1 aliphatic rings. The molecule has 23 heavy (non-hydrogen) atoms. The number of amides is 2. The molecule has 0 bridgehead atoms. The van der Waals surface area contributed by atoms with Gasteiger partial charge in [0.05, 0.1) is 6.04 Å². The number of likely N-dealkylation sites (tertiary alicyclic amines) is 1. The van der Waals surface area contributed by atoms with Crippen LogP contribution in [0.25, 0.3) is 0 Å². The number of hydrogen-bond donors (Lipinski definition) is 2. The van der Waals surface area contributed by atoms with Crippen molar-refractivity contribution in [3.05, 3.63) is 35.1 Å². The smallest absolute Gasteiger partial charge is 0.315 e. The fourth-order valence-corrected chi connectivity index (χ4v) is 2.87. The topological polar surface area (TPSA) is 44.4 Å². The summed E-state index contributed by atoms with van der Waals surface area (Å²) in [5.74, 6) is -0.242. The number of urea groups is 1. The van der Waals surface area contributed by atoms with Gasteiger partial charge < -0.3 is 10.6 Å². The fourth-order valence-electron chi connectivity index (χ4n) is 2.87. The third-order valence-electron chi connectivity index (χ3n) is 4.52. The zero-order valence-electron chi connectivity index (χ0n) is 14.7. The third kappa shape index (κ3) is 4.67. The standard InChI is InChI=1S/C18H28FN3O/c1-12-6-7-14(10-16(12)19)13(2)20-17(23)21-15-8-9-22(11-15)18(3,4)5/h6-7,10,13,15H,8-9,11H2,1-5H3,(H2,20,21,23). The van der Waals surface area contributed by atoms with Crippen molar-refractivity contribution in [1.82, 2.24) is 15.5 Å². The highest BCUT2D eigenvalue weighted by molar-refractivity contribution is 5.74. The average molecular weight is 321 g/mol. The minimum atomic E-state index is -0.242. The second-order valence-electron chi connectivity index (χ2n) is 7.45. The largest absolute Gasteiger partial charge is 0.334 e. The Morgan fingerprint density at radius 2 is 2.09 bits per heavy atom. The molecule has 5 heteroatoms. The van der Waals surface area contributed by atoms with E-state index in [0.29, 0.717) is 5.56 Å². The van der Waals surface area contributed by atoms with Gasteiger partial charge in [-0.2, -0.15) is 0 Å². The fraction of sp³-hybridized carbons (Fsp3) is 0.611. The van der Waals surface area contributed by atoms with Crippen molar-refractivity contribution in [1.29, 1.82) is 0 Å². The monoisotopic (exact) mass is 321 g/mol. The first-order valence-electron chi connectivity index (χ1n) is 8.25. The van der Waals surface area contributed by atoms with Gasteiger partial charge in [0.1, 0.15) is 5.82 Å². The molecule has 0 aromatic heterocycles. The van der Waals surface area contributed by atoms with Gasteiger partial charge in [0, 0.05) is 24.7 Å². The van der Waals surface area contributed by atoms with Crippen LogP contribution in [0.2, 0.25) is 0 Å². The lowest BCUT2D eigenvalue weighted by atomic mass is 10.1. The van der Waals surface area contributed by atoms with E-state index in [1.807, 2.05) is 13.0 Å². The summed E-state index contributed by atoms with van der Waals surface area (Å²) in [6, 6.07) is 4.80. The number of halogens is 1. The number of aryl methyl sites for hydroxylation is 1. The number of nitrogens with one attached hydrogen (secondary N) is 2. The first-order valence-corrected chi connectivity index (χ1v) is 8.25. The summed E-state index contributed by atoms with van der Waals surface area (Å²) in [5, 5.41) is 5.91. The summed E-state index contributed by atoms with van der Waals surface area (Å²) in [5.41, 5.74) is 1.50. The van der Waals surface area contributed by atoms with E-state index in [0.717, 1.165) is 25.1 Å². The van der Waals surface area contributed by atoms with E-state index in [-0.39, 0.29) is 29.5 Å². The lowest BCUT2D eigenvalue weighted by Gasteiger charge is -2.31. The van der Waals surface area contributed by atoms with E-state index in [1.165, 1.54) is 6.07 Å². The van der Waals surface area contributed by atoms with E-state index >= 15 is 0 Å². The normalized spacial score (nSPS) is 20.3. The van der Waals surface area contributed by atoms with Crippen molar-refractivity contribution in [2.24, 2.45) is 0 Å². The summed E-state index contributed by atoms with van der Waals surface area (Å²) in [6.45, 7) is 12.0. The van der Waals surface area contributed by atoms with Crippen LogP contribution in [-0.2, 0) is 0 Å². The van der Waals surface area contributed by atoms with Gasteiger partial charge in [-0.3, -0.25) is 4.90 Å². The molecule has 1 aromatic rings. The number of hydrogen-bond acceptors (Lipinski definition) is 2. The van der Waals surface area contributed by atoms with Crippen LogP contribution in [0, 0.1) is 12.7 Å². The van der Waals surface area contributed by atoms with Crippen LogP contribution >= 0.6 is 0 Å². The molecule has 4 nitrogen and oxygen atoms in total. The third-order valence-corrected chi connectivity index (χ3v) is 4.52. The van der Waals surface area contributed by atoms with Gasteiger partial charge in [-0.05, 0) is 58.2 Å². The summed E-state index contributed by atoms with van der Waals surface area (Å²) < 4.78 is 13.6. The Hall–Kier alpha value is -1.62. The molecule has 0 spiro atoms. The quantitative estimate of drug-likeness (QED) is 0.896. The highest BCUT2D eigenvalue weighted by atomic mass is 19.1. The maximum absolute atomic E-state index is 13.6. The van der Waals surface area contributed by atoms with Crippen LogP contribution < -0.4 is 10.6 Å². The molecule has 1 aromatic carbocycles. The molecule has 1 heterocycles. The molecule has 0 saturated carbocycles. The van der Waals surface area contributed by atoms with Gasteiger partial charge in [0.2, 0.25) is 0 Å². The van der Waals surface area contributed by atoms with Gasteiger partial charge in [0.25, 0.3) is 0 Å². The number of carbonyl (C=O) groups excluding carboxylic acids is 1. The zero-order valence-corrected chi connectivity index (χ0v) is 14.7. The molecule has 0 radical (unpaired) electrons. The van der Waals surface area contributed by atoms with Crippen molar-refractivity contribution in [2.75, 3.05) is 13.1 Å². The molecule has 2 N–H and O–H groups in total. The second-order valence-corrected chi connectivity index (χ2v) is 7.45. The van der Waals surface area contributed by atoms with Gasteiger partial charge >= 0.3 is 6.03 Å². The minimum Gasteiger partial charge on any atom is -0.334 e. The van der Waals surface area contributed by atoms with Crippen LogP contribution in [0.3, 0.4) is 0 Å². The highest BCUT2D eigenvalue weighted by Gasteiger charge is 2.31. The number of carbonyl (C=O) groups is 1. The van der Waals surface area contributed by atoms with Crippen LogP contribution in [0.15, 0.2) is 18.2 Å². The number of rotatable bonds is 3.